The molecule has 1 aromatic heterocycles. The minimum atomic E-state index is -1.15. The Morgan fingerprint density at radius 2 is 1.88 bits per heavy atom. The minimum absolute atomic E-state index is 0.0538. The number of hydrogen-bond donors (Lipinski definition) is 5. The molecule has 140 valence electrons. The van der Waals surface area contributed by atoms with Gasteiger partial charge in [0, 0.05) is 36.0 Å². The van der Waals surface area contributed by atoms with Crippen LogP contribution in [0.5, 0.6) is 0 Å². The Labute approximate surface area is 150 Å². The Kier molecular flexibility index (Phi) is 6.35. The van der Waals surface area contributed by atoms with Gasteiger partial charge in [-0.25, -0.2) is 4.79 Å². The molecule has 1 amide bonds. The lowest BCUT2D eigenvalue weighted by atomic mass is 9.96. The van der Waals surface area contributed by atoms with Crippen molar-refractivity contribution in [2.24, 2.45) is 11.7 Å². The number of para-hydroxylation sites is 1. The van der Waals surface area contributed by atoms with Crippen LogP contribution in [0.2, 0.25) is 0 Å². The molecule has 1 aromatic carbocycles. The van der Waals surface area contributed by atoms with Crippen molar-refractivity contribution in [3.8, 4) is 0 Å². The molecule has 6 N–H and O–H groups in total. The third-order valence-electron chi connectivity index (χ3n) is 4.37. The van der Waals surface area contributed by atoms with E-state index in [0.717, 1.165) is 16.5 Å². The molecular weight excluding hydrogens is 338 g/mol. The molecule has 8 nitrogen and oxygen atoms in total. The summed E-state index contributed by atoms with van der Waals surface area (Å²) in [5, 5.41) is 21.9. The third kappa shape index (κ3) is 4.82. The van der Waals surface area contributed by atoms with Crippen LogP contribution in [0.15, 0.2) is 30.5 Å². The number of aliphatic carboxylic acids is 2. The van der Waals surface area contributed by atoms with Crippen LogP contribution >= 0.6 is 0 Å². The molecule has 0 radical (unpaired) electrons. The summed E-state index contributed by atoms with van der Waals surface area (Å²) in [7, 11) is 0. The van der Waals surface area contributed by atoms with Gasteiger partial charge in [0.05, 0.1) is 5.92 Å². The number of H-pyrrole nitrogens is 1. The molecule has 0 fully saturated rings. The van der Waals surface area contributed by atoms with Crippen LogP contribution < -0.4 is 11.1 Å². The number of carbonyl (C=O) groups excluding carboxylic acids is 1. The zero-order valence-electron chi connectivity index (χ0n) is 14.4. The molecule has 0 aliphatic carbocycles. The average molecular weight is 361 g/mol. The highest BCUT2D eigenvalue weighted by atomic mass is 16.4. The first-order valence-corrected chi connectivity index (χ1v) is 8.35. The number of rotatable bonds is 9. The van der Waals surface area contributed by atoms with E-state index in [1.165, 1.54) is 0 Å². The van der Waals surface area contributed by atoms with E-state index in [1.54, 1.807) is 13.1 Å². The van der Waals surface area contributed by atoms with Crippen molar-refractivity contribution in [1.82, 2.24) is 10.3 Å². The second-order valence-corrected chi connectivity index (χ2v) is 6.36. The molecule has 26 heavy (non-hydrogen) atoms. The first-order chi connectivity index (χ1) is 12.3. The van der Waals surface area contributed by atoms with Gasteiger partial charge >= 0.3 is 11.9 Å². The molecule has 3 atom stereocenters. The molecule has 3 unspecified atom stereocenters. The molecule has 0 saturated carbocycles. The SMILES string of the molecule is CC(N)C(CCC(=O)NC(Cc1c[nH]c2ccccc12)C(=O)O)C(=O)O. The highest BCUT2D eigenvalue weighted by Gasteiger charge is 2.25. The van der Waals surface area contributed by atoms with Crippen LogP contribution in [0.3, 0.4) is 0 Å². The number of fused-ring (bicyclic) bond motifs is 1. The summed E-state index contributed by atoms with van der Waals surface area (Å²) < 4.78 is 0. The lowest BCUT2D eigenvalue weighted by Crippen LogP contribution is -2.43. The van der Waals surface area contributed by atoms with Crippen molar-refractivity contribution in [3.05, 3.63) is 36.0 Å². The fourth-order valence-corrected chi connectivity index (χ4v) is 2.88. The Morgan fingerprint density at radius 3 is 2.50 bits per heavy atom. The molecule has 0 aliphatic heterocycles. The van der Waals surface area contributed by atoms with Gasteiger partial charge in [0.1, 0.15) is 6.04 Å². The van der Waals surface area contributed by atoms with Crippen molar-refractivity contribution >= 4 is 28.7 Å². The summed E-state index contributed by atoms with van der Waals surface area (Å²) in [5.74, 6) is -3.58. The van der Waals surface area contributed by atoms with Gasteiger partial charge < -0.3 is 26.2 Å². The third-order valence-corrected chi connectivity index (χ3v) is 4.37. The molecular formula is C18H23N3O5. The maximum atomic E-state index is 12.1. The van der Waals surface area contributed by atoms with Crippen molar-refractivity contribution in [3.63, 3.8) is 0 Å². The standard InChI is InChI=1S/C18H23N3O5/c1-10(19)12(17(23)24)6-7-16(22)21-15(18(25)26)8-11-9-20-14-5-3-2-4-13(11)14/h2-5,9-10,12,15,20H,6-8,19H2,1H3,(H,21,22)(H,23,24)(H,25,26). The van der Waals surface area contributed by atoms with Gasteiger partial charge in [0.2, 0.25) is 5.91 Å². The smallest absolute Gasteiger partial charge is 0.326 e. The number of carboxylic acids is 2. The Bertz CT molecular complexity index is 799. The van der Waals surface area contributed by atoms with Crippen LogP contribution in [0.1, 0.15) is 25.3 Å². The number of nitrogens with one attached hydrogen (secondary N) is 2. The van der Waals surface area contributed by atoms with Crippen LogP contribution in [0, 0.1) is 5.92 Å². The van der Waals surface area contributed by atoms with Crippen molar-refractivity contribution in [1.29, 1.82) is 0 Å². The summed E-state index contributed by atoms with van der Waals surface area (Å²) in [6, 6.07) is 5.79. The lowest BCUT2D eigenvalue weighted by molar-refractivity contribution is -0.144. The normalized spacial score (nSPS) is 14.5. The van der Waals surface area contributed by atoms with Gasteiger partial charge in [-0.1, -0.05) is 18.2 Å². The first kappa shape index (κ1) is 19.5. The van der Waals surface area contributed by atoms with E-state index < -0.39 is 35.8 Å². The molecule has 0 spiro atoms. The lowest BCUT2D eigenvalue weighted by Gasteiger charge is -2.17. The predicted octanol–water partition coefficient (Wildman–Crippen LogP) is 1.11. The van der Waals surface area contributed by atoms with E-state index in [1.807, 2.05) is 24.3 Å². The Balaban J connectivity index is 2.00. The van der Waals surface area contributed by atoms with Gasteiger partial charge in [0.25, 0.3) is 0 Å². The average Bonchev–Trinajstić information content (AvgIpc) is 2.97. The fourth-order valence-electron chi connectivity index (χ4n) is 2.88. The van der Waals surface area contributed by atoms with Crippen molar-refractivity contribution in [2.45, 2.75) is 38.3 Å². The molecule has 2 aromatic rings. The van der Waals surface area contributed by atoms with E-state index in [0.29, 0.717) is 0 Å². The Hall–Kier alpha value is -2.87. The largest absolute Gasteiger partial charge is 0.481 e. The van der Waals surface area contributed by atoms with E-state index in [2.05, 4.69) is 10.3 Å². The number of aromatic amines is 1. The van der Waals surface area contributed by atoms with Gasteiger partial charge in [-0.05, 0) is 25.0 Å². The van der Waals surface area contributed by atoms with Crippen molar-refractivity contribution in [2.75, 3.05) is 0 Å². The molecule has 2 rings (SSSR count). The van der Waals surface area contributed by atoms with E-state index >= 15 is 0 Å². The second-order valence-electron chi connectivity index (χ2n) is 6.36. The topological polar surface area (TPSA) is 146 Å². The van der Waals surface area contributed by atoms with Crippen LogP contribution in [0.25, 0.3) is 10.9 Å². The second kappa shape index (κ2) is 8.48. The molecule has 0 bridgehead atoms. The van der Waals surface area contributed by atoms with Crippen molar-refractivity contribution < 1.29 is 24.6 Å². The minimum Gasteiger partial charge on any atom is -0.481 e. The number of carbonyl (C=O) groups is 3. The maximum Gasteiger partial charge on any atom is 0.326 e. The summed E-state index contributed by atoms with van der Waals surface area (Å²) in [5.41, 5.74) is 7.28. The summed E-state index contributed by atoms with van der Waals surface area (Å²) >= 11 is 0. The molecule has 8 heteroatoms. The summed E-state index contributed by atoms with van der Waals surface area (Å²) in [6.07, 6.45) is 1.80. The number of nitrogens with two attached hydrogens (primary N) is 1. The predicted molar refractivity (Wildman–Crippen MR) is 95.6 cm³/mol. The van der Waals surface area contributed by atoms with Gasteiger partial charge in [-0.3, -0.25) is 9.59 Å². The highest BCUT2D eigenvalue weighted by Crippen LogP contribution is 2.19. The number of carboxylic acid groups (broad SMARTS) is 2. The van der Waals surface area contributed by atoms with Crippen LogP contribution in [0.4, 0.5) is 0 Å². The summed E-state index contributed by atoms with van der Waals surface area (Å²) in [6.45, 7) is 1.56. The molecule has 0 aliphatic rings. The van der Waals surface area contributed by atoms with E-state index in [-0.39, 0.29) is 19.3 Å². The monoisotopic (exact) mass is 361 g/mol. The Morgan fingerprint density at radius 1 is 1.19 bits per heavy atom. The summed E-state index contributed by atoms with van der Waals surface area (Å²) in [4.78, 5) is 37.8. The van der Waals surface area contributed by atoms with Gasteiger partial charge in [-0.2, -0.15) is 0 Å². The first-order valence-electron chi connectivity index (χ1n) is 8.35. The van der Waals surface area contributed by atoms with Crippen LogP contribution in [-0.4, -0.2) is 45.1 Å². The highest BCUT2D eigenvalue weighted by molar-refractivity contribution is 5.86. The number of hydrogen-bond acceptors (Lipinski definition) is 4. The van der Waals surface area contributed by atoms with Gasteiger partial charge in [0.15, 0.2) is 0 Å². The zero-order chi connectivity index (χ0) is 19.3. The molecule has 0 saturated heterocycles. The van der Waals surface area contributed by atoms with E-state index in [4.69, 9.17) is 10.8 Å². The number of benzene rings is 1. The fraction of sp³-hybridized carbons (Fsp3) is 0.389. The van der Waals surface area contributed by atoms with E-state index in [9.17, 15) is 19.5 Å². The number of aromatic nitrogens is 1. The quantitative estimate of drug-likeness (QED) is 0.452. The molecule has 1 heterocycles. The van der Waals surface area contributed by atoms with Gasteiger partial charge in [-0.15, -0.1) is 0 Å². The van der Waals surface area contributed by atoms with Crippen LogP contribution in [-0.2, 0) is 20.8 Å². The maximum absolute atomic E-state index is 12.1. The number of amides is 1. The zero-order valence-corrected chi connectivity index (χ0v) is 14.4.